The summed E-state index contributed by atoms with van der Waals surface area (Å²) in [5.41, 5.74) is 0.696. The van der Waals surface area contributed by atoms with Crippen LogP contribution in [0.3, 0.4) is 0 Å². The Labute approximate surface area is 97.4 Å². The third kappa shape index (κ3) is 5.07. The van der Waals surface area contributed by atoms with E-state index in [0.29, 0.717) is 11.9 Å². The van der Waals surface area contributed by atoms with Crippen molar-refractivity contribution in [3.8, 4) is 5.88 Å². The minimum absolute atomic E-state index is 0.230. The Kier molecular flexibility index (Phi) is 4.24. The summed E-state index contributed by atoms with van der Waals surface area (Å²) in [4.78, 5) is 0. The summed E-state index contributed by atoms with van der Waals surface area (Å²) >= 11 is 0. The maximum Gasteiger partial charge on any atom is 0.233 e. The molecule has 0 amide bonds. The molecule has 16 heavy (non-hydrogen) atoms. The van der Waals surface area contributed by atoms with Crippen LogP contribution in [-0.4, -0.2) is 21.8 Å². The Balaban J connectivity index is 2.54. The summed E-state index contributed by atoms with van der Waals surface area (Å²) in [6.07, 6.45) is 0. The molecule has 1 rings (SSSR count). The van der Waals surface area contributed by atoms with Gasteiger partial charge in [-0.3, -0.25) is 0 Å². The van der Waals surface area contributed by atoms with Crippen LogP contribution in [-0.2, 0) is 6.54 Å². The number of ether oxygens (including phenoxy) is 1. The van der Waals surface area contributed by atoms with Gasteiger partial charge >= 0.3 is 0 Å². The fraction of sp³-hybridized carbons (Fsp3) is 0.667. The minimum Gasteiger partial charge on any atom is -0.471 e. The van der Waals surface area contributed by atoms with Crippen molar-refractivity contribution in [1.29, 1.82) is 0 Å². The quantitative estimate of drug-likeness (QED) is 0.849. The van der Waals surface area contributed by atoms with Gasteiger partial charge in [0, 0.05) is 18.7 Å². The van der Waals surface area contributed by atoms with Crippen LogP contribution in [0.25, 0.3) is 0 Å². The van der Waals surface area contributed by atoms with Gasteiger partial charge in [-0.1, -0.05) is 13.8 Å². The summed E-state index contributed by atoms with van der Waals surface area (Å²) in [6, 6.07) is 4.24. The number of aromatic nitrogens is 2. The second-order valence-electron chi connectivity index (χ2n) is 5.11. The van der Waals surface area contributed by atoms with Gasteiger partial charge < -0.3 is 10.1 Å². The zero-order chi connectivity index (χ0) is 12.2. The van der Waals surface area contributed by atoms with Gasteiger partial charge in [-0.25, -0.2) is 0 Å². The molecule has 0 radical (unpaired) electrons. The highest BCUT2D eigenvalue weighted by Gasteiger charge is 2.12. The molecule has 0 spiro atoms. The highest BCUT2D eigenvalue weighted by atomic mass is 16.5. The lowest BCUT2D eigenvalue weighted by atomic mass is 10.2. The van der Waals surface area contributed by atoms with Gasteiger partial charge in [0.05, 0.1) is 5.69 Å². The predicted octanol–water partition coefficient (Wildman–Crippen LogP) is 2.15. The number of rotatable bonds is 4. The maximum atomic E-state index is 5.59. The van der Waals surface area contributed by atoms with Crippen LogP contribution < -0.4 is 10.1 Å². The molecule has 1 aromatic heterocycles. The van der Waals surface area contributed by atoms with E-state index in [1.807, 2.05) is 32.9 Å². The highest BCUT2D eigenvalue weighted by Crippen LogP contribution is 2.13. The van der Waals surface area contributed by atoms with Crippen molar-refractivity contribution in [2.24, 2.45) is 0 Å². The van der Waals surface area contributed by atoms with Crippen LogP contribution in [0.2, 0.25) is 0 Å². The molecule has 0 aliphatic heterocycles. The topological polar surface area (TPSA) is 47.0 Å². The minimum atomic E-state index is -0.230. The predicted molar refractivity (Wildman–Crippen MR) is 64.4 cm³/mol. The van der Waals surface area contributed by atoms with Gasteiger partial charge in [0.15, 0.2) is 0 Å². The van der Waals surface area contributed by atoms with Gasteiger partial charge in [0.2, 0.25) is 5.88 Å². The lowest BCUT2D eigenvalue weighted by Gasteiger charge is -2.19. The lowest BCUT2D eigenvalue weighted by Crippen LogP contribution is -2.24. The van der Waals surface area contributed by atoms with E-state index in [-0.39, 0.29) is 5.60 Å². The molecule has 1 heterocycles. The van der Waals surface area contributed by atoms with E-state index in [0.717, 1.165) is 12.2 Å². The van der Waals surface area contributed by atoms with Gasteiger partial charge in [-0.15, -0.1) is 5.10 Å². The second kappa shape index (κ2) is 5.25. The first-order chi connectivity index (χ1) is 7.37. The molecule has 0 aliphatic carbocycles. The SMILES string of the molecule is CC(C)NCc1ccc(OC(C)(C)C)nn1. The van der Waals surface area contributed by atoms with Gasteiger partial charge in [-0.2, -0.15) is 5.10 Å². The normalized spacial score (nSPS) is 11.9. The molecule has 0 fully saturated rings. The van der Waals surface area contributed by atoms with Crippen LogP contribution in [0.5, 0.6) is 5.88 Å². The second-order valence-corrected chi connectivity index (χ2v) is 5.11. The van der Waals surface area contributed by atoms with Crippen molar-refractivity contribution >= 4 is 0 Å². The molecular weight excluding hydrogens is 202 g/mol. The zero-order valence-corrected chi connectivity index (χ0v) is 10.7. The molecule has 4 nitrogen and oxygen atoms in total. The Morgan fingerprint density at radius 2 is 1.94 bits per heavy atom. The third-order valence-electron chi connectivity index (χ3n) is 1.80. The van der Waals surface area contributed by atoms with E-state index in [4.69, 9.17) is 4.74 Å². The Morgan fingerprint density at radius 1 is 1.25 bits per heavy atom. The molecule has 0 bridgehead atoms. The number of nitrogens with zero attached hydrogens (tertiary/aromatic N) is 2. The van der Waals surface area contributed by atoms with Crippen LogP contribution in [0.1, 0.15) is 40.3 Å². The summed E-state index contributed by atoms with van der Waals surface area (Å²) in [5, 5.41) is 11.4. The summed E-state index contributed by atoms with van der Waals surface area (Å²) in [5.74, 6) is 0.570. The average molecular weight is 223 g/mol. The molecule has 0 saturated heterocycles. The lowest BCUT2D eigenvalue weighted by molar-refractivity contribution is 0.122. The number of nitrogens with one attached hydrogen (secondary N) is 1. The maximum absolute atomic E-state index is 5.59. The van der Waals surface area contributed by atoms with Crippen molar-refractivity contribution in [1.82, 2.24) is 15.5 Å². The van der Waals surface area contributed by atoms with Crippen molar-refractivity contribution in [3.05, 3.63) is 17.8 Å². The summed E-state index contributed by atoms with van der Waals surface area (Å²) < 4.78 is 5.59. The molecule has 0 unspecified atom stereocenters. The largest absolute Gasteiger partial charge is 0.471 e. The summed E-state index contributed by atoms with van der Waals surface area (Å²) in [6.45, 7) is 10.9. The Bertz CT molecular complexity index is 314. The molecule has 0 aliphatic rings. The van der Waals surface area contributed by atoms with Gasteiger partial charge in [-0.05, 0) is 26.8 Å². The number of hydrogen-bond donors (Lipinski definition) is 1. The standard InChI is InChI=1S/C12H21N3O/c1-9(2)13-8-10-6-7-11(15-14-10)16-12(3,4)5/h6-7,9,13H,8H2,1-5H3. The van der Waals surface area contributed by atoms with E-state index < -0.39 is 0 Å². The van der Waals surface area contributed by atoms with Crippen LogP contribution in [0, 0.1) is 0 Å². The molecular formula is C12H21N3O. The van der Waals surface area contributed by atoms with Crippen molar-refractivity contribution in [2.45, 2.75) is 52.8 Å². The highest BCUT2D eigenvalue weighted by molar-refractivity contribution is 5.12. The van der Waals surface area contributed by atoms with Crippen molar-refractivity contribution < 1.29 is 4.74 Å². The zero-order valence-electron chi connectivity index (χ0n) is 10.7. The first-order valence-electron chi connectivity index (χ1n) is 5.62. The first kappa shape index (κ1) is 12.9. The molecule has 4 heteroatoms. The Morgan fingerprint density at radius 3 is 2.38 bits per heavy atom. The van der Waals surface area contributed by atoms with E-state index >= 15 is 0 Å². The number of hydrogen-bond acceptors (Lipinski definition) is 4. The smallest absolute Gasteiger partial charge is 0.233 e. The molecule has 0 saturated carbocycles. The molecule has 1 N–H and O–H groups in total. The fourth-order valence-corrected chi connectivity index (χ4v) is 1.12. The van der Waals surface area contributed by atoms with Crippen LogP contribution in [0.4, 0.5) is 0 Å². The van der Waals surface area contributed by atoms with E-state index in [2.05, 4.69) is 29.4 Å². The molecule has 1 aromatic rings. The fourth-order valence-electron chi connectivity index (χ4n) is 1.12. The average Bonchev–Trinajstić information content (AvgIpc) is 2.14. The van der Waals surface area contributed by atoms with Gasteiger partial charge in [0.25, 0.3) is 0 Å². The summed E-state index contributed by atoms with van der Waals surface area (Å²) in [7, 11) is 0. The molecule has 90 valence electrons. The monoisotopic (exact) mass is 223 g/mol. The van der Waals surface area contributed by atoms with Crippen LogP contribution >= 0.6 is 0 Å². The van der Waals surface area contributed by atoms with Gasteiger partial charge in [0.1, 0.15) is 5.60 Å². The van der Waals surface area contributed by atoms with Crippen molar-refractivity contribution in [3.63, 3.8) is 0 Å². The van der Waals surface area contributed by atoms with Crippen LogP contribution in [0.15, 0.2) is 12.1 Å². The van der Waals surface area contributed by atoms with E-state index in [1.54, 1.807) is 0 Å². The van der Waals surface area contributed by atoms with Crippen molar-refractivity contribution in [2.75, 3.05) is 0 Å². The first-order valence-corrected chi connectivity index (χ1v) is 5.62. The van der Waals surface area contributed by atoms with E-state index in [9.17, 15) is 0 Å². The molecule has 0 atom stereocenters. The third-order valence-corrected chi connectivity index (χ3v) is 1.80. The molecule has 0 aromatic carbocycles. The Hall–Kier alpha value is -1.16. The van der Waals surface area contributed by atoms with E-state index in [1.165, 1.54) is 0 Å².